The quantitative estimate of drug-likeness (QED) is 0.788. The Kier molecular flexibility index (Phi) is 4.37. The molecule has 1 aromatic carbocycles. The molecular formula is C14H19F2NO2. The van der Waals surface area contributed by atoms with Crippen molar-refractivity contribution >= 4 is 0 Å². The zero-order valence-electron chi connectivity index (χ0n) is 10.8. The van der Waals surface area contributed by atoms with Crippen LogP contribution in [0.15, 0.2) is 12.1 Å². The Morgan fingerprint density at radius 1 is 1.11 bits per heavy atom. The maximum atomic E-state index is 13.2. The van der Waals surface area contributed by atoms with Gasteiger partial charge in [0.15, 0.2) is 17.4 Å². The van der Waals surface area contributed by atoms with Crippen LogP contribution >= 0.6 is 0 Å². The first-order chi connectivity index (χ1) is 9.06. The molecule has 5 heteroatoms. The molecule has 1 fully saturated rings. The molecule has 0 amide bonds. The van der Waals surface area contributed by atoms with E-state index in [1.54, 1.807) is 0 Å². The van der Waals surface area contributed by atoms with E-state index in [2.05, 4.69) is 5.32 Å². The molecule has 0 spiro atoms. The topological polar surface area (TPSA) is 52.5 Å². The number of rotatable bonds is 4. The van der Waals surface area contributed by atoms with Gasteiger partial charge in [0.2, 0.25) is 0 Å². The molecule has 1 aliphatic rings. The first-order valence-corrected chi connectivity index (χ1v) is 6.59. The monoisotopic (exact) mass is 271 g/mol. The van der Waals surface area contributed by atoms with Crippen LogP contribution < -0.4 is 5.32 Å². The maximum absolute atomic E-state index is 13.2. The summed E-state index contributed by atoms with van der Waals surface area (Å²) in [6.07, 6.45) is 4.99. The summed E-state index contributed by atoms with van der Waals surface area (Å²) in [5.41, 5.74) is 0.0782. The van der Waals surface area contributed by atoms with Gasteiger partial charge >= 0.3 is 0 Å². The van der Waals surface area contributed by atoms with Gasteiger partial charge in [0.05, 0.1) is 6.61 Å². The van der Waals surface area contributed by atoms with Gasteiger partial charge in [0.25, 0.3) is 0 Å². The minimum atomic E-state index is -0.960. The number of phenolic OH excluding ortho intramolecular Hbond substituents is 1. The van der Waals surface area contributed by atoms with E-state index in [9.17, 15) is 13.9 Å². The fourth-order valence-corrected chi connectivity index (χ4v) is 2.63. The van der Waals surface area contributed by atoms with Crippen LogP contribution in [0.5, 0.6) is 5.75 Å². The Balaban J connectivity index is 2.05. The maximum Gasteiger partial charge on any atom is 0.187 e. The highest BCUT2D eigenvalue weighted by molar-refractivity contribution is 5.30. The van der Waals surface area contributed by atoms with Gasteiger partial charge in [-0.25, -0.2) is 8.78 Å². The van der Waals surface area contributed by atoms with E-state index in [0.717, 1.165) is 44.2 Å². The molecule has 0 saturated heterocycles. The summed E-state index contributed by atoms with van der Waals surface area (Å²) in [5.74, 6) is -2.87. The fourth-order valence-electron chi connectivity index (χ4n) is 2.63. The molecule has 0 aliphatic heterocycles. The molecule has 0 aromatic heterocycles. The summed E-state index contributed by atoms with van der Waals surface area (Å²) in [5, 5.41) is 21.8. The van der Waals surface area contributed by atoms with Crippen LogP contribution in [0, 0.1) is 11.6 Å². The summed E-state index contributed by atoms with van der Waals surface area (Å²) in [4.78, 5) is 0. The first kappa shape index (κ1) is 14.2. The number of halogens is 2. The molecular weight excluding hydrogens is 252 g/mol. The third-order valence-electron chi connectivity index (χ3n) is 3.86. The van der Waals surface area contributed by atoms with Crippen molar-refractivity contribution in [2.45, 2.75) is 44.2 Å². The van der Waals surface area contributed by atoms with Crippen molar-refractivity contribution in [3.63, 3.8) is 0 Å². The van der Waals surface area contributed by atoms with E-state index in [0.29, 0.717) is 5.56 Å². The van der Waals surface area contributed by atoms with Crippen molar-refractivity contribution in [3.8, 4) is 5.75 Å². The Bertz CT molecular complexity index is 422. The lowest BCUT2D eigenvalue weighted by molar-refractivity contribution is 0.119. The summed E-state index contributed by atoms with van der Waals surface area (Å²) in [7, 11) is 0. The van der Waals surface area contributed by atoms with Crippen molar-refractivity contribution in [2.75, 3.05) is 6.61 Å². The van der Waals surface area contributed by atoms with Crippen molar-refractivity contribution in [2.24, 2.45) is 0 Å². The smallest absolute Gasteiger partial charge is 0.187 e. The SMILES string of the molecule is OCC1(NCc2cc(F)c(O)c(F)c2)CCCCC1. The van der Waals surface area contributed by atoms with Gasteiger partial charge in [0, 0.05) is 12.1 Å². The molecule has 0 radical (unpaired) electrons. The number of aliphatic hydroxyl groups is 1. The summed E-state index contributed by atoms with van der Waals surface area (Å²) in [6, 6.07) is 2.22. The molecule has 3 nitrogen and oxygen atoms in total. The van der Waals surface area contributed by atoms with Crippen molar-refractivity contribution in [3.05, 3.63) is 29.3 Å². The molecule has 19 heavy (non-hydrogen) atoms. The zero-order valence-corrected chi connectivity index (χ0v) is 10.8. The number of aromatic hydroxyl groups is 1. The zero-order chi connectivity index (χ0) is 13.9. The minimum absolute atomic E-state index is 0.0239. The van der Waals surface area contributed by atoms with Gasteiger partial charge in [-0.1, -0.05) is 19.3 Å². The Morgan fingerprint density at radius 3 is 2.21 bits per heavy atom. The summed E-state index contributed by atoms with van der Waals surface area (Å²) < 4.78 is 26.4. The number of hydrogen-bond acceptors (Lipinski definition) is 3. The molecule has 0 heterocycles. The predicted molar refractivity (Wildman–Crippen MR) is 67.8 cm³/mol. The lowest BCUT2D eigenvalue weighted by Gasteiger charge is -2.36. The Hall–Kier alpha value is -1.20. The van der Waals surface area contributed by atoms with E-state index in [4.69, 9.17) is 5.11 Å². The highest BCUT2D eigenvalue weighted by Gasteiger charge is 2.30. The third kappa shape index (κ3) is 3.22. The van der Waals surface area contributed by atoms with E-state index in [1.165, 1.54) is 0 Å². The second kappa shape index (κ2) is 5.84. The van der Waals surface area contributed by atoms with E-state index in [-0.39, 0.29) is 18.7 Å². The number of aliphatic hydroxyl groups excluding tert-OH is 1. The van der Waals surface area contributed by atoms with Crippen LogP contribution in [0.1, 0.15) is 37.7 Å². The Labute approximate surface area is 111 Å². The van der Waals surface area contributed by atoms with E-state index < -0.39 is 17.4 Å². The fraction of sp³-hybridized carbons (Fsp3) is 0.571. The Morgan fingerprint density at radius 2 is 1.68 bits per heavy atom. The van der Waals surface area contributed by atoms with Gasteiger partial charge < -0.3 is 15.5 Å². The van der Waals surface area contributed by atoms with Gasteiger partial charge in [-0.05, 0) is 30.5 Å². The van der Waals surface area contributed by atoms with Crippen LogP contribution in [0.3, 0.4) is 0 Å². The average molecular weight is 271 g/mol. The van der Waals surface area contributed by atoms with Crippen LogP contribution in [0.4, 0.5) is 8.78 Å². The molecule has 2 rings (SSSR count). The molecule has 0 bridgehead atoms. The first-order valence-electron chi connectivity index (χ1n) is 6.59. The van der Waals surface area contributed by atoms with Crippen LogP contribution in [-0.2, 0) is 6.54 Å². The number of hydrogen-bond donors (Lipinski definition) is 3. The van der Waals surface area contributed by atoms with Crippen LogP contribution in [-0.4, -0.2) is 22.4 Å². The molecule has 106 valence electrons. The van der Waals surface area contributed by atoms with Gasteiger partial charge in [-0.3, -0.25) is 0 Å². The highest BCUT2D eigenvalue weighted by atomic mass is 19.1. The molecule has 1 aromatic rings. The largest absolute Gasteiger partial charge is 0.503 e. The average Bonchev–Trinajstić information content (AvgIpc) is 2.43. The second-order valence-corrected chi connectivity index (χ2v) is 5.26. The van der Waals surface area contributed by atoms with Gasteiger partial charge in [-0.2, -0.15) is 0 Å². The molecule has 3 N–H and O–H groups in total. The van der Waals surface area contributed by atoms with Gasteiger partial charge in [-0.15, -0.1) is 0 Å². The lowest BCUT2D eigenvalue weighted by atomic mass is 9.82. The molecule has 1 saturated carbocycles. The standard InChI is InChI=1S/C14H19F2NO2/c15-11-6-10(7-12(16)13(11)19)8-17-14(9-18)4-2-1-3-5-14/h6-7,17-19H,1-5,8-9H2. The van der Waals surface area contributed by atoms with Crippen molar-refractivity contribution < 1.29 is 19.0 Å². The molecule has 0 atom stereocenters. The van der Waals surface area contributed by atoms with Crippen molar-refractivity contribution in [1.82, 2.24) is 5.32 Å². The summed E-state index contributed by atoms with van der Waals surface area (Å²) in [6.45, 7) is 0.296. The molecule has 1 aliphatic carbocycles. The lowest BCUT2D eigenvalue weighted by Crippen LogP contribution is -2.49. The van der Waals surface area contributed by atoms with E-state index in [1.807, 2.05) is 0 Å². The van der Waals surface area contributed by atoms with Gasteiger partial charge in [0.1, 0.15) is 0 Å². The number of benzene rings is 1. The van der Waals surface area contributed by atoms with Crippen LogP contribution in [0.2, 0.25) is 0 Å². The predicted octanol–water partition coefficient (Wildman–Crippen LogP) is 2.46. The number of phenols is 1. The number of nitrogens with one attached hydrogen (secondary N) is 1. The summed E-state index contributed by atoms with van der Waals surface area (Å²) >= 11 is 0. The second-order valence-electron chi connectivity index (χ2n) is 5.26. The highest BCUT2D eigenvalue weighted by Crippen LogP contribution is 2.28. The third-order valence-corrected chi connectivity index (χ3v) is 3.86. The van der Waals surface area contributed by atoms with E-state index >= 15 is 0 Å². The minimum Gasteiger partial charge on any atom is -0.503 e. The van der Waals surface area contributed by atoms with Crippen LogP contribution in [0.25, 0.3) is 0 Å². The van der Waals surface area contributed by atoms with Crippen molar-refractivity contribution in [1.29, 1.82) is 0 Å². The molecule has 0 unspecified atom stereocenters. The normalized spacial score (nSPS) is 18.5.